The number of benzene rings is 4. The van der Waals surface area contributed by atoms with Crippen LogP contribution in [0.3, 0.4) is 0 Å². The summed E-state index contributed by atoms with van der Waals surface area (Å²) in [6, 6.07) is 30.5. The fourth-order valence-corrected chi connectivity index (χ4v) is 3.26. The highest BCUT2D eigenvalue weighted by Crippen LogP contribution is 2.14. The third-order valence-corrected chi connectivity index (χ3v) is 5.56. The summed E-state index contributed by atoms with van der Waals surface area (Å²) in [6.07, 6.45) is 3.56. The third kappa shape index (κ3) is 10.6. The molecule has 0 saturated heterocycles. The molecular formula is C34H36N2O4. The summed E-state index contributed by atoms with van der Waals surface area (Å²) in [5.74, 6) is -0.323. The van der Waals surface area contributed by atoms with Gasteiger partial charge < -0.3 is 9.47 Å². The maximum atomic E-state index is 11.6. The summed E-state index contributed by atoms with van der Waals surface area (Å²) in [5.41, 5.74) is 7.36. The van der Waals surface area contributed by atoms with Gasteiger partial charge in [-0.2, -0.15) is 0 Å². The van der Waals surface area contributed by atoms with Gasteiger partial charge in [0.05, 0.1) is 16.9 Å². The van der Waals surface area contributed by atoms with Gasteiger partial charge in [-0.1, -0.05) is 79.2 Å². The Balaban J connectivity index is 0.000000276. The lowest BCUT2D eigenvalue weighted by Crippen LogP contribution is -2.07. The lowest BCUT2D eigenvalue weighted by Gasteiger charge is -2.03. The van der Waals surface area contributed by atoms with Crippen LogP contribution < -0.4 is 0 Å². The Hall–Kier alpha value is -4.68. The van der Waals surface area contributed by atoms with Crippen molar-refractivity contribution in [3.8, 4) is 0 Å². The average molecular weight is 537 g/mol. The Morgan fingerprint density at radius 1 is 0.650 bits per heavy atom. The lowest BCUT2D eigenvalue weighted by atomic mass is 10.1. The molecule has 40 heavy (non-hydrogen) atoms. The van der Waals surface area contributed by atoms with Gasteiger partial charge in [0.2, 0.25) is 0 Å². The summed E-state index contributed by atoms with van der Waals surface area (Å²) in [4.78, 5) is 31.5. The number of nitrogens with zero attached hydrogens (tertiary/aromatic N) is 2. The molecule has 4 rings (SSSR count). The molecule has 0 aliphatic carbocycles. The predicted molar refractivity (Wildman–Crippen MR) is 164 cm³/mol. The first-order valence-corrected chi connectivity index (χ1v) is 12.4. The minimum absolute atomic E-state index is 0. The molecule has 0 radical (unpaired) electrons. The first-order valence-electron chi connectivity index (χ1n) is 12.4. The molecule has 0 spiro atoms. The molecule has 0 atom stereocenters. The Labute approximate surface area is 237 Å². The molecule has 0 unspecified atom stereocenters. The maximum Gasteiger partial charge on any atom is 0.340 e. The Bertz CT molecular complexity index is 1410. The quantitative estimate of drug-likeness (QED) is 0.0987. The summed E-state index contributed by atoms with van der Waals surface area (Å²) in [5, 5.41) is 0. The number of carbonyl (C=O) groups is 2. The van der Waals surface area contributed by atoms with E-state index in [0.717, 1.165) is 28.1 Å². The van der Waals surface area contributed by atoms with Crippen molar-refractivity contribution in [2.24, 2.45) is 9.98 Å². The third-order valence-electron chi connectivity index (χ3n) is 5.56. The molecule has 0 fully saturated rings. The highest BCUT2D eigenvalue weighted by atomic mass is 16.7. The largest absolute Gasteiger partial charge is 0.435 e. The molecule has 0 saturated carbocycles. The zero-order chi connectivity index (χ0) is 28.0. The molecule has 0 bridgehead atoms. The van der Waals surface area contributed by atoms with Crippen molar-refractivity contribution in [3.05, 3.63) is 130 Å². The van der Waals surface area contributed by atoms with Crippen molar-refractivity contribution >= 4 is 35.6 Å². The molecule has 6 nitrogen and oxygen atoms in total. The molecule has 6 heteroatoms. The van der Waals surface area contributed by atoms with E-state index in [-0.39, 0.29) is 20.0 Å². The minimum atomic E-state index is -0.404. The highest BCUT2D eigenvalue weighted by Gasteiger charge is 2.05. The second-order valence-corrected chi connectivity index (χ2v) is 8.83. The lowest BCUT2D eigenvalue weighted by molar-refractivity contribution is -0.0125. The standard InChI is InChI=1S/C17H17NO3.C16H15NO.CH4/c1-13-3-9-16(10-4-13)18-11-14-5-7-15(8-6-14)17(19)21-12-20-2;1-12-3-9-16(10-4-12)17-11-14-5-7-15(8-6-14)13(2)18;/h3-11H,12H2,1-2H3;3-11H,1-2H3;1H4. The van der Waals surface area contributed by atoms with Gasteiger partial charge in [0, 0.05) is 25.1 Å². The number of rotatable bonds is 8. The van der Waals surface area contributed by atoms with Crippen molar-refractivity contribution < 1.29 is 19.1 Å². The first-order chi connectivity index (χ1) is 18.8. The van der Waals surface area contributed by atoms with E-state index in [2.05, 4.69) is 14.7 Å². The number of hydrogen-bond donors (Lipinski definition) is 0. The Morgan fingerprint density at radius 2 is 1.05 bits per heavy atom. The van der Waals surface area contributed by atoms with Crippen LogP contribution in [0.15, 0.2) is 107 Å². The van der Waals surface area contributed by atoms with E-state index >= 15 is 0 Å². The van der Waals surface area contributed by atoms with E-state index < -0.39 is 5.97 Å². The van der Waals surface area contributed by atoms with Crippen LogP contribution in [0.25, 0.3) is 0 Å². The normalized spacial score (nSPS) is 10.5. The van der Waals surface area contributed by atoms with E-state index in [1.807, 2.05) is 98.8 Å². The van der Waals surface area contributed by atoms with Crippen molar-refractivity contribution in [1.82, 2.24) is 0 Å². The van der Waals surface area contributed by atoms with E-state index in [0.29, 0.717) is 5.56 Å². The summed E-state index contributed by atoms with van der Waals surface area (Å²) < 4.78 is 9.55. The van der Waals surface area contributed by atoms with E-state index in [1.54, 1.807) is 31.5 Å². The Kier molecular flexibility index (Phi) is 12.9. The molecule has 4 aromatic rings. The van der Waals surface area contributed by atoms with Gasteiger partial charge in [-0.05, 0) is 68.3 Å². The van der Waals surface area contributed by atoms with Crippen LogP contribution in [0, 0.1) is 13.8 Å². The average Bonchev–Trinajstić information content (AvgIpc) is 2.96. The fourth-order valence-electron chi connectivity index (χ4n) is 3.26. The maximum absolute atomic E-state index is 11.6. The van der Waals surface area contributed by atoms with Crippen LogP contribution in [0.4, 0.5) is 11.4 Å². The number of ketones is 1. The number of aryl methyl sites for hydroxylation is 2. The number of Topliss-reactive ketones (excluding diaryl/α,β-unsaturated/α-hetero) is 1. The number of carbonyl (C=O) groups excluding carboxylic acids is 2. The van der Waals surface area contributed by atoms with Crippen LogP contribution >= 0.6 is 0 Å². The van der Waals surface area contributed by atoms with Crippen molar-refractivity contribution in [1.29, 1.82) is 0 Å². The van der Waals surface area contributed by atoms with Crippen molar-refractivity contribution in [3.63, 3.8) is 0 Å². The van der Waals surface area contributed by atoms with Crippen LogP contribution in [-0.2, 0) is 9.47 Å². The number of aliphatic imine (C=N–C) groups is 2. The first kappa shape index (κ1) is 31.5. The number of ether oxygens (including phenoxy) is 2. The van der Waals surface area contributed by atoms with Crippen molar-refractivity contribution in [2.45, 2.75) is 28.2 Å². The van der Waals surface area contributed by atoms with Gasteiger partial charge in [0.1, 0.15) is 0 Å². The molecule has 0 amide bonds. The summed E-state index contributed by atoms with van der Waals surface area (Å²) in [7, 11) is 1.47. The SMILES string of the molecule is C.CC(=O)c1ccc(C=Nc2ccc(C)cc2)cc1.COCOC(=O)c1ccc(C=Nc2ccc(C)cc2)cc1. The number of esters is 1. The van der Waals surface area contributed by atoms with Gasteiger partial charge in [0.25, 0.3) is 0 Å². The van der Waals surface area contributed by atoms with Crippen LogP contribution in [-0.4, -0.2) is 38.1 Å². The fraction of sp³-hybridized carbons (Fsp3) is 0.176. The molecular weight excluding hydrogens is 500 g/mol. The van der Waals surface area contributed by atoms with Crippen LogP contribution in [0.5, 0.6) is 0 Å². The molecule has 0 aliphatic rings. The highest BCUT2D eigenvalue weighted by molar-refractivity contribution is 5.95. The molecule has 0 heterocycles. The topological polar surface area (TPSA) is 77.3 Å². The molecule has 4 aromatic carbocycles. The van der Waals surface area contributed by atoms with E-state index in [1.165, 1.54) is 18.2 Å². The second kappa shape index (κ2) is 16.3. The van der Waals surface area contributed by atoms with Crippen LogP contribution in [0.1, 0.15) is 57.3 Å². The zero-order valence-electron chi connectivity index (χ0n) is 22.6. The van der Waals surface area contributed by atoms with E-state index in [4.69, 9.17) is 4.74 Å². The van der Waals surface area contributed by atoms with E-state index in [9.17, 15) is 9.59 Å². The number of methoxy groups -OCH3 is 1. The smallest absolute Gasteiger partial charge is 0.340 e. The summed E-state index contributed by atoms with van der Waals surface area (Å²) in [6.45, 7) is 5.60. The van der Waals surface area contributed by atoms with Gasteiger partial charge in [-0.3, -0.25) is 14.8 Å². The van der Waals surface area contributed by atoms with Crippen LogP contribution in [0.2, 0.25) is 0 Å². The van der Waals surface area contributed by atoms with Gasteiger partial charge in [-0.25, -0.2) is 4.79 Å². The summed E-state index contributed by atoms with van der Waals surface area (Å²) >= 11 is 0. The molecule has 0 aromatic heterocycles. The minimum Gasteiger partial charge on any atom is -0.435 e. The van der Waals surface area contributed by atoms with Gasteiger partial charge >= 0.3 is 5.97 Å². The monoisotopic (exact) mass is 536 g/mol. The second-order valence-electron chi connectivity index (χ2n) is 8.83. The van der Waals surface area contributed by atoms with Gasteiger partial charge in [0.15, 0.2) is 12.6 Å². The molecule has 0 N–H and O–H groups in total. The van der Waals surface area contributed by atoms with Gasteiger partial charge in [-0.15, -0.1) is 0 Å². The Morgan fingerprint density at radius 3 is 1.43 bits per heavy atom. The number of hydrogen-bond acceptors (Lipinski definition) is 6. The molecule has 206 valence electrons. The predicted octanol–water partition coefficient (Wildman–Crippen LogP) is 8.09. The van der Waals surface area contributed by atoms with Crippen molar-refractivity contribution in [2.75, 3.05) is 13.9 Å². The zero-order valence-corrected chi connectivity index (χ0v) is 22.6. The molecule has 0 aliphatic heterocycles.